The summed E-state index contributed by atoms with van der Waals surface area (Å²) in [6.07, 6.45) is 2.77. The highest BCUT2D eigenvalue weighted by atomic mass is 16.4. The van der Waals surface area contributed by atoms with Crippen LogP contribution in [0.25, 0.3) is 0 Å². The van der Waals surface area contributed by atoms with Crippen LogP contribution in [0.4, 0.5) is 5.69 Å². The van der Waals surface area contributed by atoms with Crippen LogP contribution in [0.2, 0.25) is 0 Å². The van der Waals surface area contributed by atoms with Crippen molar-refractivity contribution < 1.29 is 19.5 Å². The fourth-order valence-electron chi connectivity index (χ4n) is 5.28. The number of benzene rings is 2. The highest BCUT2D eigenvalue weighted by Crippen LogP contribution is 2.50. The van der Waals surface area contributed by atoms with Gasteiger partial charge in [0.1, 0.15) is 5.54 Å². The number of aryl methyl sites for hydroxylation is 1. The number of nitrogens with two attached hydrogens (primary N) is 1. The molecule has 6 heteroatoms. The van der Waals surface area contributed by atoms with E-state index >= 15 is 0 Å². The van der Waals surface area contributed by atoms with Crippen molar-refractivity contribution in [3.05, 3.63) is 65.7 Å². The van der Waals surface area contributed by atoms with Crippen LogP contribution in [0.1, 0.15) is 49.1 Å². The number of carbonyl (C=O) groups excluding carboxylic acids is 2. The quantitative estimate of drug-likeness (QED) is 0.565. The molecule has 4 N–H and O–H groups in total. The first kappa shape index (κ1) is 21.2. The molecule has 0 radical (unpaired) electrons. The number of para-hydroxylation sites is 1. The number of fused-ring (bicyclic) bond motifs is 2. The first-order valence-corrected chi connectivity index (χ1v) is 10.9. The van der Waals surface area contributed by atoms with E-state index in [4.69, 9.17) is 5.73 Å². The van der Waals surface area contributed by atoms with Crippen LogP contribution in [0.15, 0.2) is 54.6 Å². The van der Waals surface area contributed by atoms with Crippen molar-refractivity contribution in [3.8, 4) is 0 Å². The molecule has 4 rings (SSSR count). The third kappa shape index (κ3) is 4.12. The number of rotatable bonds is 8. The molecule has 0 spiro atoms. The van der Waals surface area contributed by atoms with Gasteiger partial charge in [-0.3, -0.25) is 14.4 Å². The number of carboxylic acid groups (broad SMARTS) is 1. The van der Waals surface area contributed by atoms with Crippen LogP contribution in [-0.2, 0) is 20.8 Å². The van der Waals surface area contributed by atoms with Crippen molar-refractivity contribution in [1.29, 1.82) is 0 Å². The molecule has 31 heavy (non-hydrogen) atoms. The Hall–Kier alpha value is -2.99. The van der Waals surface area contributed by atoms with E-state index in [1.165, 1.54) is 0 Å². The summed E-state index contributed by atoms with van der Waals surface area (Å²) in [5, 5.41) is 13.7. The van der Waals surface area contributed by atoms with Crippen molar-refractivity contribution in [1.82, 2.24) is 0 Å². The Morgan fingerprint density at radius 3 is 2.45 bits per heavy atom. The number of hydrogen-bond donors (Lipinski definition) is 3. The maximum atomic E-state index is 12.8. The van der Waals surface area contributed by atoms with Gasteiger partial charge in [0.2, 0.25) is 5.78 Å². The van der Waals surface area contributed by atoms with Crippen molar-refractivity contribution in [2.75, 3.05) is 5.32 Å². The van der Waals surface area contributed by atoms with E-state index in [-0.39, 0.29) is 18.4 Å². The number of hydrogen-bond acceptors (Lipinski definition) is 5. The van der Waals surface area contributed by atoms with Crippen LogP contribution < -0.4 is 11.1 Å². The average Bonchev–Trinajstić information content (AvgIpc) is 3.24. The van der Waals surface area contributed by atoms with Crippen molar-refractivity contribution >= 4 is 23.2 Å². The van der Waals surface area contributed by atoms with E-state index in [0.29, 0.717) is 6.42 Å². The SMILES string of the molecule is NC(CC(=O)C(=O)CCc1ccccc1)(C(=O)O)C1c2ccccc2NC2CCCC21. The van der Waals surface area contributed by atoms with Gasteiger partial charge in [0, 0.05) is 30.5 Å². The molecule has 2 aromatic rings. The van der Waals surface area contributed by atoms with Gasteiger partial charge in [-0.25, -0.2) is 0 Å². The number of ketones is 2. The summed E-state index contributed by atoms with van der Waals surface area (Å²) in [5.41, 5.74) is 7.35. The Labute approximate surface area is 181 Å². The Kier molecular flexibility index (Phi) is 5.92. The molecule has 0 aromatic heterocycles. The maximum Gasteiger partial charge on any atom is 0.324 e. The molecule has 4 atom stereocenters. The molecule has 1 aliphatic heterocycles. The second-order valence-electron chi connectivity index (χ2n) is 8.76. The maximum absolute atomic E-state index is 12.8. The molecule has 2 aliphatic rings. The molecule has 0 amide bonds. The number of carbonyl (C=O) groups is 3. The lowest BCUT2D eigenvalue weighted by Crippen LogP contribution is -2.59. The lowest BCUT2D eigenvalue weighted by atomic mass is 9.66. The van der Waals surface area contributed by atoms with Gasteiger partial charge in [0.05, 0.1) is 0 Å². The Morgan fingerprint density at radius 1 is 1.00 bits per heavy atom. The fourth-order valence-corrected chi connectivity index (χ4v) is 5.28. The summed E-state index contributed by atoms with van der Waals surface area (Å²) < 4.78 is 0. The lowest BCUT2D eigenvalue weighted by Gasteiger charge is -2.44. The number of aliphatic carboxylic acids is 1. The second-order valence-corrected chi connectivity index (χ2v) is 8.76. The van der Waals surface area contributed by atoms with E-state index in [1.54, 1.807) is 0 Å². The van der Waals surface area contributed by atoms with E-state index < -0.39 is 35.4 Å². The first-order valence-electron chi connectivity index (χ1n) is 10.9. The van der Waals surface area contributed by atoms with E-state index in [0.717, 1.165) is 36.1 Å². The van der Waals surface area contributed by atoms with Gasteiger partial charge in [0.25, 0.3) is 0 Å². The summed E-state index contributed by atoms with van der Waals surface area (Å²) in [7, 11) is 0. The smallest absolute Gasteiger partial charge is 0.324 e. The van der Waals surface area contributed by atoms with Gasteiger partial charge >= 0.3 is 5.97 Å². The van der Waals surface area contributed by atoms with Crippen LogP contribution in [0.5, 0.6) is 0 Å². The Morgan fingerprint density at radius 2 is 1.71 bits per heavy atom. The predicted molar refractivity (Wildman–Crippen MR) is 118 cm³/mol. The van der Waals surface area contributed by atoms with Crippen LogP contribution in [-0.4, -0.2) is 34.2 Å². The largest absolute Gasteiger partial charge is 0.480 e. The summed E-state index contributed by atoms with van der Waals surface area (Å²) in [5.74, 6) is -3.01. The van der Waals surface area contributed by atoms with Gasteiger partial charge in [-0.1, -0.05) is 55.0 Å². The molecular formula is C25H28N2O4. The zero-order chi connectivity index (χ0) is 22.0. The molecule has 1 heterocycles. The minimum atomic E-state index is -1.83. The molecule has 4 unspecified atom stereocenters. The molecule has 1 aliphatic carbocycles. The van der Waals surface area contributed by atoms with E-state index in [1.807, 2.05) is 54.6 Å². The van der Waals surface area contributed by atoms with E-state index in [9.17, 15) is 19.5 Å². The van der Waals surface area contributed by atoms with E-state index in [2.05, 4.69) is 5.32 Å². The molecule has 2 aromatic carbocycles. The zero-order valence-corrected chi connectivity index (χ0v) is 17.4. The number of Topliss-reactive ketones (excluding diaryl/α,β-unsaturated/α-hetero) is 2. The third-order valence-corrected chi connectivity index (χ3v) is 6.84. The molecule has 162 valence electrons. The minimum Gasteiger partial charge on any atom is -0.480 e. The normalized spacial score (nSPS) is 23.7. The molecular weight excluding hydrogens is 392 g/mol. The topological polar surface area (TPSA) is 109 Å². The molecule has 0 saturated heterocycles. The van der Waals surface area contributed by atoms with Crippen LogP contribution in [0, 0.1) is 5.92 Å². The standard InChI is InChI=1S/C25H28N2O4/c26-25(24(30)31,15-22(29)21(28)14-13-16-7-2-1-3-8-16)23-17-9-4-5-11-19(17)27-20-12-6-10-18(20)23/h1-5,7-9,11,18,20,23,27H,6,10,12-15,26H2,(H,30,31). The van der Waals surface area contributed by atoms with Gasteiger partial charge < -0.3 is 16.2 Å². The second kappa shape index (κ2) is 8.63. The summed E-state index contributed by atoms with van der Waals surface area (Å²) in [6.45, 7) is 0. The summed E-state index contributed by atoms with van der Waals surface area (Å²) in [6, 6.07) is 17.1. The molecule has 6 nitrogen and oxygen atoms in total. The number of nitrogens with one attached hydrogen (secondary N) is 1. The Balaban J connectivity index is 1.57. The Bertz CT molecular complexity index is 990. The molecule has 0 bridgehead atoms. The van der Waals surface area contributed by atoms with Crippen LogP contribution in [0.3, 0.4) is 0 Å². The van der Waals surface area contributed by atoms with Gasteiger partial charge in [-0.05, 0) is 42.4 Å². The fraction of sp³-hybridized carbons (Fsp3) is 0.400. The first-order chi connectivity index (χ1) is 14.9. The average molecular weight is 421 g/mol. The predicted octanol–water partition coefficient (Wildman–Crippen LogP) is 3.31. The van der Waals surface area contributed by atoms with Crippen molar-refractivity contribution in [2.24, 2.45) is 11.7 Å². The highest BCUT2D eigenvalue weighted by molar-refractivity contribution is 6.37. The molecule has 1 fully saturated rings. The van der Waals surface area contributed by atoms with Crippen LogP contribution >= 0.6 is 0 Å². The lowest BCUT2D eigenvalue weighted by molar-refractivity contribution is -0.148. The number of carboxylic acids is 1. The van der Waals surface area contributed by atoms with Gasteiger partial charge in [-0.15, -0.1) is 0 Å². The summed E-state index contributed by atoms with van der Waals surface area (Å²) >= 11 is 0. The monoisotopic (exact) mass is 420 g/mol. The third-order valence-electron chi connectivity index (χ3n) is 6.84. The van der Waals surface area contributed by atoms with Gasteiger partial charge in [0.15, 0.2) is 5.78 Å². The number of anilines is 1. The van der Waals surface area contributed by atoms with Gasteiger partial charge in [-0.2, -0.15) is 0 Å². The zero-order valence-electron chi connectivity index (χ0n) is 17.4. The molecule has 1 saturated carbocycles. The van der Waals surface area contributed by atoms with Crippen molar-refractivity contribution in [3.63, 3.8) is 0 Å². The summed E-state index contributed by atoms with van der Waals surface area (Å²) in [4.78, 5) is 37.8. The van der Waals surface area contributed by atoms with Crippen molar-refractivity contribution in [2.45, 2.75) is 56.0 Å². The highest BCUT2D eigenvalue weighted by Gasteiger charge is 2.53. The minimum absolute atomic E-state index is 0.0169.